The summed E-state index contributed by atoms with van der Waals surface area (Å²) < 4.78 is 11.7. The van der Waals surface area contributed by atoms with Crippen molar-refractivity contribution in [2.75, 3.05) is 20.3 Å². The molecule has 1 aromatic carbocycles. The number of benzene rings is 1. The van der Waals surface area contributed by atoms with Crippen LogP contribution in [0.1, 0.15) is 12.5 Å². The lowest BCUT2D eigenvalue weighted by atomic mass is 10.2. The number of thioether (sulfide) groups is 1. The number of halogens is 1. The van der Waals surface area contributed by atoms with Crippen molar-refractivity contribution in [3.8, 4) is 23.8 Å². The molecule has 1 aromatic rings. The molecule has 7 heteroatoms. The predicted molar refractivity (Wildman–Crippen MR) is 93.4 cm³/mol. The van der Waals surface area contributed by atoms with Gasteiger partial charge in [-0.05, 0) is 42.5 Å². The zero-order valence-electron chi connectivity index (χ0n) is 12.6. The number of ether oxygens (including phenoxy) is 2. The van der Waals surface area contributed by atoms with Crippen molar-refractivity contribution >= 4 is 44.9 Å². The number of hydrogen-bond acceptors (Lipinski definition) is 5. The number of rotatable bonds is 5. The van der Waals surface area contributed by atoms with E-state index in [1.165, 1.54) is 7.05 Å². The number of carbonyl (C=O) groups excluding carboxylic acids is 2. The average molecular weight is 396 g/mol. The standard InChI is InChI=1S/C16H14BrNO4S/c1-4-6-22-13-9-11(17)10(7-12(13)21-5-2)8-14-15(19)18(3)16(20)23-14/h1,7-9H,5-6H2,2-3H3/b14-8-. The number of imide groups is 1. The Morgan fingerprint density at radius 1 is 1.35 bits per heavy atom. The lowest BCUT2D eigenvalue weighted by Crippen LogP contribution is -2.22. The zero-order valence-corrected chi connectivity index (χ0v) is 15.0. The van der Waals surface area contributed by atoms with Crippen molar-refractivity contribution in [2.45, 2.75) is 6.92 Å². The first-order valence-electron chi connectivity index (χ1n) is 6.72. The van der Waals surface area contributed by atoms with Crippen molar-refractivity contribution in [2.24, 2.45) is 0 Å². The molecule has 0 saturated carbocycles. The summed E-state index contributed by atoms with van der Waals surface area (Å²) in [4.78, 5) is 25.0. The number of hydrogen-bond donors (Lipinski definition) is 0. The van der Waals surface area contributed by atoms with E-state index in [9.17, 15) is 9.59 Å². The average Bonchev–Trinajstić information content (AvgIpc) is 2.76. The largest absolute Gasteiger partial charge is 0.490 e. The summed E-state index contributed by atoms with van der Waals surface area (Å²) >= 11 is 4.33. The lowest BCUT2D eigenvalue weighted by molar-refractivity contribution is -0.121. The molecule has 120 valence electrons. The van der Waals surface area contributed by atoms with Crippen LogP contribution in [0.2, 0.25) is 0 Å². The lowest BCUT2D eigenvalue weighted by Gasteiger charge is -2.12. The van der Waals surface area contributed by atoms with Crippen LogP contribution in [0.5, 0.6) is 11.5 Å². The summed E-state index contributed by atoms with van der Waals surface area (Å²) in [6.45, 7) is 2.44. The molecule has 0 aromatic heterocycles. The van der Waals surface area contributed by atoms with Crippen LogP contribution in [0.25, 0.3) is 6.08 Å². The van der Waals surface area contributed by atoms with Crippen molar-refractivity contribution < 1.29 is 19.1 Å². The first-order chi connectivity index (χ1) is 11.0. The Labute approximate surface area is 147 Å². The van der Waals surface area contributed by atoms with Crippen molar-refractivity contribution in [1.82, 2.24) is 4.90 Å². The van der Waals surface area contributed by atoms with Gasteiger partial charge in [0.1, 0.15) is 6.61 Å². The number of carbonyl (C=O) groups is 2. The first-order valence-corrected chi connectivity index (χ1v) is 8.33. The Hall–Kier alpha value is -1.91. The molecule has 1 aliphatic rings. The van der Waals surface area contributed by atoms with Gasteiger partial charge in [0.15, 0.2) is 11.5 Å². The summed E-state index contributed by atoms with van der Waals surface area (Å²) in [6.07, 6.45) is 6.85. The Balaban J connectivity index is 2.40. The summed E-state index contributed by atoms with van der Waals surface area (Å²) in [5.41, 5.74) is 0.709. The molecule has 5 nitrogen and oxygen atoms in total. The van der Waals surface area contributed by atoms with E-state index in [4.69, 9.17) is 15.9 Å². The molecule has 0 N–H and O–H groups in total. The topological polar surface area (TPSA) is 55.8 Å². The van der Waals surface area contributed by atoms with Gasteiger partial charge in [-0.25, -0.2) is 0 Å². The molecule has 0 spiro atoms. The third-order valence-corrected chi connectivity index (χ3v) is 4.59. The SMILES string of the molecule is C#CCOc1cc(Br)c(/C=C2\SC(=O)N(C)C2=O)cc1OCC. The Kier molecular flexibility index (Phi) is 5.74. The number of likely N-dealkylation sites (N-methyl/N-ethyl adjacent to an activating group) is 1. The maximum Gasteiger partial charge on any atom is 0.293 e. The van der Waals surface area contributed by atoms with E-state index in [-0.39, 0.29) is 17.8 Å². The van der Waals surface area contributed by atoms with Gasteiger partial charge in [-0.2, -0.15) is 0 Å². The van der Waals surface area contributed by atoms with E-state index in [0.717, 1.165) is 16.7 Å². The van der Waals surface area contributed by atoms with E-state index in [1.807, 2.05) is 6.92 Å². The second-order valence-electron chi connectivity index (χ2n) is 4.49. The van der Waals surface area contributed by atoms with Gasteiger partial charge in [-0.3, -0.25) is 14.5 Å². The Bertz CT molecular complexity index is 724. The monoisotopic (exact) mass is 395 g/mol. The van der Waals surface area contributed by atoms with Gasteiger partial charge in [0, 0.05) is 11.5 Å². The second-order valence-corrected chi connectivity index (χ2v) is 6.33. The molecule has 1 heterocycles. The van der Waals surface area contributed by atoms with E-state index in [2.05, 4.69) is 21.9 Å². The molecule has 2 rings (SSSR count). The van der Waals surface area contributed by atoms with E-state index in [1.54, 1.807) is 18.2 Å². The molecule has 23 heavy (non-hydrogen) atoms. The molecule has 1 aliphatic heterocycles. The fourth-order valence-corrected chi connectivity index (χ4v) is 3.10. The molecule has 0 aliphatic carbocycles. The quantitative estimate of drug-likeness (QED) is 0.563. The second kappa shape index (κ2) is 7.57. The van der Waals surface area contributed by atoms with Crippen molar-refractivity contribution in [3.05, 3.63) is 27.1 Å². The van der Waals surface area contributed by atoms with Crippen LogP contribution in [0.3, 0.4) is 0 Å². The van der Waals surface area contributed by atoms with Crippen LogP contribution >= 0.6 is 27.7 Å². The molecule has 0 atom stereocenters. The van der Waals surface area contributed by atoms with E-state index in [0.29, 0.717) is 33.0 Å². The van der Waals surface area contributed by atoms with Gasteiger partial charge in [0.2, 0.25) is 0 Å². The molecule has 0 radical (unpaired) electrons. The van der Waals surface area contributed by atoms with E-state index < -0.39 is 0 Å². The van der Waals surface area contributed by atoms with Gasteiger partial charge in [0.25, 0.3) is 11.1 Å². The van der Waals surface area contributed by atoms with Gasteiger partial charge in [-0.15, -0.1) is 6.42 Å². The highest BCUT2D eigenvalue weighted by Crippen LogP contribution is 2.37. The van der Waals surface area contributed by atoms with Crippen molar-refractivity contribution in [1.29, 1.82) is 0 Å². The minimum atomic E-state index is -0.322. The molecule has 0 unspecified atom stereocenters. The van der Waals surface area contributed by atoms with Crippen LogP contribution in [0, 0.1) is 12.3 Å². The third kappa shape index (κ3) is 3.89. The van der Waals surface area contributed by atoms with Gasteiger partial charge >= 0.3 is 0 Å². The Morgan fingerprint density at radius 2 is 2.04 bits per heavy atom. The van der Waals surface area contributed by atoms with Crippen LogP contribution in [0.15, 0.2) is 21.5 Å². The summed E-state index contributed by atoms with van der Waals surface area (Å²) in [5, 5.41) is -0.295. The van der Waals surface area contributed by atoms with E-state index >= 15 is 0 Å². The van der Waals surface area contributed by atoms with Crippen LogP contribution in [-0.2, 0) is 4.79 Å². The molecule has 0 bridgehead atoms. The number of amides is 2. The summed E-state index contributed by atoms with van der Waals surface area (Å²) in [6, 6.07) is 3.47. The predicted octanol–water partition coefficient (Wildman–Crippen LogP) is 3.53. The molecular weight excluding hydrogens is 382 g/mol. The number of nitrogens with zero attached hydrogens (tertiary/aromatic N) is 1. The van der Waals surface area contributed by atoms with Gasteiger partial charge < -0.3 is 9.47 Å². The van der Waals surface area contributed by atoms with Gasteiger partial charge in [-0.1, -0.05) is 21.9 Å². The Morgan fingerprint density at radius 3 is 2.61 bits per heavy atom. The zero-order chi connectivity index (χ0) is 17.0. The van der Waals surface area contributed by atoms with Crippen LogP contribution in [0.4, 0.5) is 4.79 Å². The normalized spacial score (nSPS) is 15.9. The molecular formula is C16H14BrNO4S. The number of terminal acetylenes is 1. The van der Waals surface area contributed by atoms with Crippen LogP contribution in [-0.4, -0.2) is 36.3 Å². The maximum atomic E-state index is 12.0. The molecule has 1 fully saturated rings. The van der Waals surface area contributed by atoms with Crippen LogP contribution < -0.4 is 9.47 Å². The van der Waals surface area contributed by atoms with Crippen molar-refractivity contribution in [3.63, 3.8) is 0 Å². The maximum absolute atomic E-state index is 12.0. The smallest absolute Gasteiger partial charge is 0.293 e. The third-order valence-electron chi connectivity index (χ3n) is 2.95. The first kappa shape index (κ1) is 17.4. The highest BCUT2D eigenvalue weighted by molar-refractivity contribution is 9.10. The highest BCUT2D eigenvalue weighted by Gasteiger charge is 2.32. The molecule has 1 saturated heterocycles. The minimum Gasteiger partial charge on any atom is -0.490 e. The molecule has 2 amide bonds. The summed E-state index contributed by atoms with van der Waals surface area (Å²) in [5.74, 6) is 3.11. The fourth-order valence-electron chi connectivity index (χ4n) is 1.85. The highest BCUT2D eigenvalue weighted by atomic mass is 79.9. The summed E-state index contributed by atoms with van der Waals surface area (Å²) in [7, 11) is 1.45. The fraction of sp³-hybridized carbons (Fsp3) is 0.250. The minimum absolute atomic E-state index is 0.126. The van der Waals surface area contributed by atoms with Gasteiger partial charge in [0.05, 0.1) is 11.5 Å².